The van der Waals surface area contributed by atoms with Gasteiger partial charge in [0.05, 0.1) is 6.61 Å². The van der Waals surface area contributed by atoms with Crippen LogP contribution in [0.1, 0.15) is 44.1 Å². The number of hydrogen-bond acceptors (Lipinski definition) is 2. The molecule has 0 radical (unpaired) electrons. The number of thioether (sulfide) groups is 1. The van der Waals surface area contributed by atoms with Gasteiger partial charge in [-0.15, -0.1) is 6.58 Å². The Balaban J connectivity index is 1.96. The van der Waals surface area contributed by atoms with Gasteiger partial charge >= 0.3 is 0 Å². The Morgan fingerprint density at radius 2 is 2.09 bits per heavy atom. The maximum Gasteiger partial charge on any atom is 0.200 e. The Morgan fingerprint density at radius 3 is 2.74 bits per heavy atom. The fourth-order valence-electron chi connectivity index (χ4n) is 2.76. The zero-order chi connectivity index (χ0) is 16.7. The van der Waals surface area contributed by atoms with Gasteiger partial charge in [-0.2, -0.15) is 16.2 Å². The van der Waals surface area contributed by atoms with Crippen molar-refractivity contribution >= 4 is 11.8 Å². The van der Waals surface area contributed by atoms with E-state index < -0.39 is 11.6 Å². The summed E-state index contributed by atoms with van der Waals surface area (Å²) in [7, 11) is 0. The minimum absolute atomic E-state index is 0.000223. The molecule has 126 valence electrons. The van der Waals surface area contributed by atoms with Crippen LogP contribution in [-0.4, -0.2) is 17.6 Å². The Morgan fingerprint density at radius 1 is 1.26 bits per heavy atom. The van der Waals surface area contributed by atoms with Gasteiger partial charge in [0, 0.05) is 11.0 Å². The van der Waals surface area contributed by atoms with Crippen LogP contribution in [0.2, 0.25) is 0 Å². The predicted molar refractivity (Wildman–Crippen MR) is 94.3 cm³/mol. The summed E-state index contributed by atoms with van der Waals surface area (Å²) in [5.74, 6) is -0.716. The third-order valence-electron chi connectivity index (χ3n) is 4.02. The molecule has 0 amide bonds. The second-order valence-corrected chi connectivity index (χ2v) is 6.93. The van der Waals surface area contributed by atoms with Crippen LogP contribution < -0.4 is 4.74 Å². The summed E-state index contributed by atoms with van der Waals surface area (Å²) in [6, 6.07) is 3.22. The molecule has 1 aromatic rings. The first-order chi connectivity index (χ1) is 11.2. The molecule has 23 heavy (non-hydrogen) atoms. The van der Waals surface area contributed by atoms with Crippen LogP contribution in [0.15, 0.2) is 36.9 Å². The first kappa shape index (κ1) is 18.1. The van der Waals surface area contributed by atoms with Crippen LogP contribution in [0.25, 0.3) is 0 Å². The van der Waals surface area contributed by atoms with Gasteiger partial charge in [0.25, 0.3) is 0 Å². The first-order valence-corrected chi connectivity index (χ1v) is 9.22. The quantitative estimate of drug-likeness (QED) is 0.454. The van der Waals surface area contributed by atoms with Crippen molar-refractivity contribution in [1.29, 1.82) is 0 Å². The van der Waals surface area contributed by atoms with Crippen LogP contribution in [0.3, 0.4) is 0 Å². The zero-order valence-corrected chi connectivity index (χ0v) is 14.4. The Labute approximate surface area is 141 Å². The molecule has 0 bridgehead atoms. The van der Waals surface area contributed by atoms with Crippen molar-refractivity contribution in [3.8, 4) is 5.75 Å². The number of allylic oxidation sites excluding steroid dienone is 2. The molecule has 0 aliphatic carbocycles. The number of benzene rings is 1. The van der Waals surface area contributed by atoms with E-state index in [0.717, 1.165) is 31.4 Å². The van der Waals surface area contributed by atoms with Crippen molar-refractivity contribution in [1.82, 2.24) is 0 Å². The number of hydrogen-bond donors (Lipinski definition) is 0. The van der Waals surface area contributed by atoms with E-state index in [2.05, 4.69) is 18.7 Å². The van der Waals surface area contributed by atoms with Crippen molar-refractivity contribution < 1.29 is 13.5 Å². The van der Waals surface area contributed by atoms with Crippen LogP contribution in [0, 0.1) is 11.6 Å². The number of ether oxygens (including phenoxy) is 1. The average molecular weight is 338 g/mol. The average Bonchev–Trinajstić information content (AvgIpc) is 2.57. The molecule has 1 heterocycles. The molecule has 1 nitrogen and oxygen atoms in total. The second kappa shape index (κ2) is 9.11. The molecule has 1 aliphatic heterocycles. The van der Waals surface area contributed by atoms with Gasteiger partial charge in [-0.1, -0.05) is 24.3 Å². The fraction of sp³-hybridized carbons (Fsp3) is 0.474. The zero-order valence-electron chi connectivity index (χ0n) is 13.6. The normalized spacial score (nSPS) is 21.5. The lowest BCUT2D eigenvalue weighted by molar-refractivity contribution is 0.312. The van der Waals surface area contributed by atoms with Crippen LogP contribution in [-0.2, 0) is 0 Å². The highest BCUT2D eigenvalue weighted by Crippen LogP contribution is 2.38. The van der Waals surface area contributed by atoms with E-state index >= 15 is 0 Å². The molecule has 2 atom stereocenters. The summed E-state index contributed by atoms with van der Waals surface area (Å²) < 4.78 is 33.4. The minimum Gasteiger partial charge on any atom is -0.491 e. The van der Waals surface area contributed by atoms with E-state index in [1.165, 1.54) is 0 Å². The minimum atomic E-state index is -0.860. The molecular formula is C19H24F2OS. The van der Waals surface area contributed by atoms with Gasteiger partial charge in [-0.05, 0) is 50.2 Å². The lowest BCUT2D eigenvalue weighted by Crippen LogP contribution is -2.16. The molecule has 0 saturated carbocycles. The van der Waals surface area contributed by atoms with E-state index in [4.69, 9.17) is 4.74 Å². The summed E-state index contributed by atoms with van der Waals surface area (Å²) in [6.45, 7) is 5.79. The molecule has 1 unspecified atom stereocenters. The molecule has 1 aromatic carbocycles. The van der Waals surface area contributed by atoms with E-state index in [-0.39, 0.29) is 11.7 Å². The first-order valence-electron chi connectivity index (χ1n) is 8.17. The largest absolute Gasteiger partial charge is 0.491 e. The van der Waals surface area contributed by atoms with Crippen molar-refractivity contribution in [3.63, 3.8) is 0 Å². The van der Waals surface area contributed by atoms with Crippen molar-refractivity contribution in [2.45, 2.75) is 43.8 Å². The molecule has 1 fully saturated rings. The van der Waals surface area contributed by atoms with Gasteiger partial charge in [0.15, 0.2) is 11.6 Å². The second-order valence-electron chi connectivity index (χ2n) is 5.65. The van der Waals surface area contributed by atoms with Gasteiger partial charge in [-0.25, -0.2) is 4.39 Å². The fourth-order valence-corrected chi connectivity index (χ4v) is 4.11. The van der Waals surface area contributed by atoms with Crippen molar-refractivity contribution in [2.75, 3.05) is 12.4 Å². The highest BCUT2D eigenvalue weighted by atomic mass is 32.2. The summed E-state index contributed by atoms with van der Waals surface area (Å²) in [6.07, 6.45) is 10.2. The monoisotopic (exact) mass is 338 g/mol. The Hall–Kier alpha value is -1.29. The predicted octanol–water partition coefficient (Wildman–Crippen LogP) is 5.87. The highest BCUT2D eigenvalue weighted by Gasteiger charge is 2.26. The highest BCUT2D eigenvalue weighted by molar-refractivity contribution is 8.00. The third kappa shape index (κ3) is 4.84. The summed E-state index contributed by atoms with van der Waals surface area (Å²) in [5, 5.41) is 0.478. The smallest absolute Gasteiger partial charge is 0.200 e. The Bertz CT molecular complexity index is 549. The van der Waals surface area contributed by atoms with Gasteiger partial charge in [0.1, 0.15) is 0 Å². The van der Waals surface area contributed by atoms with Gasteiger partial charge in [0.2, 0.25) is 5.82 Å². The maximum atomic E-state index is 14.3. The lowest BCUT2D eigenvalue weighted by atomic mass is 9.93. The summed E-state index contributed by atoms with van der Waals surface area (Å²) >= 11 is 1.82. The van der Waals surface area contributed by atoms with Crippen LogP contribution in [0.4, 0.5) is 8.78 Å². The molecule has 0 aromatic heterocycles. The molecule has 1 saturated heterocycles. The van der Waals surface area contributed by atoms with E-state index in [1.54, 1.807) is 19.1 Å². The summed E-state index contributed by atoms with van der Waals surface area (Å²) in [5.41, 5.74) is 0.479. The topological polar surface area (TPSA) is 9.23 Å². The molecule has 0 spiro atoms. The van der Waals surface area contributed by atoms with E-state index in [1.807, 2.05) is 17.8 Å². The Kier molecular flexibility index (Phi) is 7.15. The molecule has 1 aliphatic rings. The molecular weight excluding hydrogens is 314 g/mol. The van der Waals surface area contributed by atoms with Crippen LogP contribution >= 0.6 is 11.8 Å². The number of unbranched alkanes of at least 4 members (excludes halogenated alkanes) is 1. The summed E-state index contributed by atoms with van der Waals surface area (Å²) in [4.78, 5) is 0. The van der Waals surface area contributed by atoms with E-state index in [0.29, 0.717) is 17.4 Å². The maximum absolute atomic E-state index is 14.3. The molecule has 2 rings (SSSR count). The van der Waals surface area contributed by atoms with Crippen LogP contribution in [0.5, 0.6) is 5.75 Å². The van der Waals surface area contributed by atoms with Gasteiger partial charge < -0.3 is 4.74 Å². The van der Waals surface area contributed by atoms with Crippen molar-refractivity contribution in [3.05, 3.63) is 54.1 Å². The number of rotatable bonds is 7. The number of halogens is 2. The van der Waals surface area contributed by atoms with Gasteiger partial charge in [-0.3, -0.25) is 0 Å². The van der Waals surface area contributed by atoms with Crippen molar-refractivity contribution in [2.24, 2.45) is 0 Å². The lowest BCUT2D eigenvalue weighted by Gasteiger charge is -2.27. The standard InChI is InChI=1S/C19H24F2OS/c1-3-5-6-7-8-15-10-9-14(13-23-15)16-11-12-17(22-4-2)19(21)18(16)20/h3,7-8,11-12,14-15H,1,4-6,9-10,13H2,2H3/t14-,15?/m1/s1. The molecule has 4 heteroatoms. The SMILES string of the molecule is C=CCCC=CC1CC[C@@H](c2ccc(OCC)c(F)c2F)CS1. The third-order valence-corrected chi connectivity index (χ3v) is 5.43. The molecule has 0 N–H and O–H groups in total. The van der Waals surface area contributed by atoms with E-state index in [9.17, 15) is 8.78 Å².